The number of hydrogen-bond acceptors (Lipinski definition) is 6. The van der Waals surface area contributed by atoms with Gasteiger partial charge in [0, 0.05) is 31.0 Å². The van der Waals surface area contributed by atoms with Gasteiger partial charge in [-0.2, -0.15) is 11.3 Å². The first-order chi connectivity index (χ1) is 12.5. The molecule has 0 saturated carbocycles. The van der Waals surface area contributed by atoms with E-state index >= 15 is 0 Å². The summed E-state index contributed by atoms with van der Waals surface area (Å²) in [6, 6.07) is 3.55. The lowest BCUT2D eigenvalue weighted by atomic mass is 10.2. The fourth-order valence-corrected chi connectivity index (χ4v) is 3.80. The third kappa shape index (κ3) is 4.36. The highest BCUT2D eigenvalue weighted by molar-refractivity contribution is 7.17. The minimum Gasteiger partial charge on any atom is -0.352 e. The Hall–Kier alpha value is -2.52. The Morgan fingerprint density at radius 3 is 2.92 bits per heavy atom. The highest BCUT2D eigenvalue weighted by Gasteiger charge is 2.12. The topological polar surface area (TPSA) is 95.2 Å². The third-order valence-corrected chi connectivity index (χ3v) is 5.40. The van der Waals surface area contributed by atoms with Crippen LogP contribution in [-0.4, -0.2) is 40.3 Å². The van der Waals surface area contributed by atoms with Crippen LogP contribution in [0.25, 0.3) is 10.2 Å². The van der Waals surface area contributed by atoms with E-state index in [2.05, 4.69) is 15.3 Å². The van der Waals surface area contributed by atoms with E-state index in [0.717, 1.165) is 0 Å². The number of aromatic nitrogens is 2. The molecule has 0 aliphatic rings. The van der Waals surface area contributed by atoms with Gasteiger partial charge in [-0.1, -0.05) is 0 Å². The van der Waals surface area contributed by atoms with Gasteiger partial charge in [0.2, 0.25) is 5.91 Å². The maximum absolute atomic E-state index is 12.2. The van der Waals surface area contributed by atoms with Crippen LogP contribution in [0, 0.1) is 0 Å². The Kier molecular flexibility index (Phi) is 5.79. The van der Waals surface area contributed by atoms with Crippen molar-refractivity contribution in [3.05, 3.63) is 50.0 Å². The summed E-state index contributed by atoms with van der Waals surface area (Å²) in [4.78, 5) is 44.6. The molecule has 2 amide bonds. The molecule has 2 N–H and O–H groups in total. The van der Waals surface area contributed by atoms with Crippen molar-refractivity contribution in [1.29, 1.82) is 0 Å². The van der Waals surface area contributed by atoms with Crippen LogP contribution < -0.4 is 10.9 Å². The second-order valence-corrected chi connectivity index (χ2v) is 7.47. The van der Waals surface area contributed by atoms with E-state index in [0.29, 0.717) is 41.0 Å². The van der Waals surface area contributed by atoms with Gasteiger partial charge in [-0.25, -0.2) is 4.98 Å². The quantitative estimate of drug-likeness (QED) is 0.605. The highest BCUT2D eigenvalue weighted by Crippen LogP contribution is 2.14. The minimum atomic E-state index is -0.183. The maximum atomic E-state index is 12.2. The van der Waals surface area contributed by atoms with Crippen molar-refractivity contribution >= 4 is 44.7 Å². The van der Waals surface area contributed by atoms with E-state index in [1.54, 1.807) is 24.6 Å². The molecular formula is C17H18N4O3S2. The smallest absolute Gasteiger partial charge is 0.268 e. The van der Waals surface area contributed by atoms with Crippen molar-refractivity contribution < 1.29 is 9.59 Å². The van der Waals surface area contributed by atoms with Crippen molar-refractivity contribution in [1.82, 2.24) is 20.2 Å². The normalized spacial score (nSPS) is 10.8. The van der Waals surface area contributed by atoms with Crippen LogP contribution >= 0.6 is 22.7 Å². The minimum absolute atomic E-state index is 0.0668. The van der Waals surface area contributed by atoms with Gasteiger partial charge in [-0.15, -0.1) is 11.3 Å². The number of rotatable bonds is 7. The molecule has 7 nitrogen and oxygen atoms in total. The number of nitrogens with one attached hydrogen (secondary N) is 2. The Morgan fingerprint density at radius 2 is 2.15 bits per heavy atom. The van der Waals surface area contributed by atoms with Gasteiger partial charge in [0.1, 0.15) is 10.5 Å². The van der Waals surface area contributed by atoms with E-state index < -0.39 is 0 Å². The Labute approximate surface area is 157 Å². The molecule has 3 rings (SSSR count). The molecule has 3 aromatic heterocycles. The summed E-state index contributed by atoms with van der Waals surface area (Å²) in [6.07, 6.45) is 0.859. The van der Waals surface area contributed by atoms with Crippen LogP contribution in [0.4, 0.5) is 0 Å². The Bertz CT molecular complexity index is 962. The summed E-state index contributed by atoms with van der Waals surface area (Å²) in [6.45, 7) is 0.672. The summed E-state index contributed by atoms with van der Waals surface area (Å²) in [5.74, 6) is 0.267. The summed E-state index contributed by atoms with van der Waals surface area (Å²) in [7, 11) is 1.67. The van der Waals surface area contributed by atoms with Crippen molar-refractivity contribution in [3.63, 3.8) is 0 Å². The Balaban J connectivity index is 1.46. The van der Waals surface area contributed by atoms with Crippen LogP contribution in [0.2, 0.25) is 0 Å². The molecule has 0 aromatic carbocycles. The second kappa shape index (κ2) is 8.24. The fraction of sp³-hybridized carbons (Fsp3) is 0.294. The van der Waals surface area contributed by atoms with Crippen LogP contribution in [0.3, 0.4) is 0 Å². The number of aromatic amines is 1. The number of amides is 2. The molecule has 136 valence electrons. The molecule has 3 aromatic rings. The van der Waals surface area contributed by atoms with Gasteiger partial charge in [0.05, 0.1) is 12.1 Å². The summed E-state index contributed by atoms with van der Waals surface area (Å²) in [5, 5.41) is 8.24. The molecule has 0 aliphatic carbocycles. The number of nitrogens with zero attached hydrogens (tertiary/aromatic N) is 2. The maximum Gasteiger partial charge on any atom is 0.268 e. The number of thiophene rings is 2. The molecule has 9 heteroatoms. The largest absolute Gasteiger partial charge is 0.352 e. The Morgan fingerprint density at radius 1 is 1.31 bits per heavy atom. The monoisotopic (exact) mass is 390 g/mol. The number of carbonyl (C=O) groups is 2. The summed E-state index contributed by atoms with van der Waals surface area (Å²) >= 11 is 2.81. The van der Waals surface area contributed by atoms with Crippen LogP contribution in [0.1, 0.15) is 29.0 Å². The zero-order valence-electron chi connectivity index (χ0n) is 14.2. The molecule has 0 aliphatic heterocycles. The van der Waals surface area contributed by atoms with Gasteiger partial charge in [0.25, 0.3) is 11.5 Å². The molecule has 26 heavy (non-hydrogen) atoms. The predicted octanol–water partition coefficient (Wildman–Crippen LogP) is 2.21. The first-order valence-electron chi connectivity index (χ1n) is 8.05. The predicted molar refractivity (Wildman–Crippen MR) is 103 cm³/mol. The van der Waals surface area contributed by atoms with Crippen LogP contribution in [-0.2, 0) is 11.3 Å². The third-order valence-electron chi connectivity index (χ3n) is 3.81. The van der Waals surface area contributed by atoms with Crippen LogP contribution in [0.15, 0.2) is 33.1 Å². The molecule has 0 radical (unpaired) electrons. The molecule has 0 fully saturated rings. The van der Waals surface area contributed by atoms with Crippen molar-refractivity contribution in [2.24, 2.45) is 0 Å². The summed E-state index contributed by atoms with van der Waals surface area (Å²) < 4.78 is 0.587. The van der Waals surface area contributed by atoms with Crippen molar-refractivity contribution in [2.75, 3.05) is 13.6 Å². The lowest BCUT2D eigenvalue weighted by Crippen LogP contribution is -2.29. The molecule has 0 atom stereocenters. The highest BCUT2D eigenvalue weighted by atomic mass is 32.1. The standard InChI is InChI=1S/C17H18N4O3S2/c1-21(9-13-19-12-5-8-26-15(12)17(24)20-13)14(22)3-2-6-18-16(23)11-4-7-25-10-11/h4-5,7-8,10H,2-3,6,9H2,1H3,(H,18,23)(H,19,20,24). The van der Waals surface area contributed by atoms with Gasteiger partial charge in [-0.3, -0.25) is 14.4 Å². The van der Waals surface area contributed by atoms with E-state index in [1.807, 2.05) is 10.8 Å². The van der Waals surface area contributed by atoms with Gasteiger partial charge >= 0.3 is 0 Å². The first-order valence-corrected chi connectivity index (χ1v) is 9.87. The SMILES string of the molecule is CN(Cc1nc2ccsc2c(=O)[nH]1)C(=O)CCCNC(=O)c1ccsc1. The van der Waals surface area contributed by atoms with E-state index in [1.165, 1.54) is 27.6 Å². The van der Waals surface area contributed by atoms with E-state index in [-0.39, 0.29) is 23.9 Å². The average molecular weight is 390 g/mol. The molecule has 3 heterocycles. The van der Waals surface area contributed by atoms with Gasteiger partial charge in [-0.05, 0) is 29.3 Å². The molecular weight excluding hydrogens is 372 g/mol. The van der Waals surface area contributed by atoms with Crippen LogP contribution in [0.5, 0.6) is 0 Å². The summed E-state index contributed by atoms with van der Waals surface area (Å²) in [5.41, 5.74) is 1.10. The lowest BCUT2D eigenvalue weighted by molar-refractivity contribution is -0.130. The second-order valence-electron chi connectivity index (χ2n) is 5.77. The molecule has 0 unspecified atom stereocenters. The average Bonchev–Trinajstić information content (AvgIpc) is 3.29. The molecule has 0 spiro atoms. The van der Waals surface area contributed by atoms with Crippen molar-refractivity contribution in [2.45, 2.75) is 19.4 Å². The lowest BCUT2D eigenvalue weighted by Gasteiger charge is -2.16. The number of hydrogen-bond donors (Lipinski definition) is 2. The zero-order valence-corrected chi connectivity index (χ0v) is 15.8. The van der Waals surface area contributed by atoms with E-state index in [9.17, 15) is 14.4 Å². The fourth-order valence-electron chi connectivity index (χ4n) is 2.44. The van der Waals surface area contributed by atoms with Gasteiger partial charge < -0.3 is 15.2 Å². The molecule has 0 saturated heterocycles. The number of carbonyl (C=O) groups excluding carboxylic acids is 2. The zero-order chi connectivity index (χ0) is 18.5. The molecule has 0 bridgehead atoms. The number of fused-ring (bicyclic) bond motifs is 1. The first kappa shape index (κ1) is 18.3. The number of H-pyrrole nitrogens is 1. The van der Waals surface area contributed by atoms with E-state index in [4.69, 9.17) is 0 Å². The van der Waals surface area contributed by atoms with Crippen molar-refractivity contribution in [3.8, 4) is 0 Å². The van der Waals surface area contributed by atoms with Gasteiger partial charge in [0.15, 0.2) is 0 Å².